The molecule has 0 fully saturated rings. The molecule has 0 unspecified atom stereocenters. The van der Waals surface area contributed by atoms with E-state index in [1.807, 2.05) is 24.3 Å². The predicted octanol–water partition coefficient (Wildman–Crippen LogP) is 3.40. The van der Waals surface area contributed by atoms with Gasteiger partial charge in [0.1, 0.15) is 5.82 Å². The van der Waals surface area contributed by atoms with Gasteiger partial charge in [0.15, 0.2) is 0 Å². The van der Waals surface area contributed by atoms with Gasteiger partial charge < -0.3 is 10.7 Å². The lowest BCUT2D eigenvalue weighted by molar-refractivity contribution is 0.244. The lowest BCUT2D eigenvalue weighted by Crippen LogP contribution is -2.35. The number of halogens is 1. The van der Waals surface area contributed by atoms with E-state index >= 15 is 0 Å². The fourth-order valence-electron chi connectivity index (χ4n) is 3.05. The number of fused-ring (bicyclic) bond motifs is 1. The minimum atomic E-state index is -0.0473. The SMILES string of the molecule is Nc1ccc(-c2nc3c(c(=O)[nH]2)CN(Cc2ccc(Br)s2)CC3)cc1. The van der Waals surface area contributed by atoms with Gasteiger partial charge in [0, 0.05) is 42.2 Å². The Morgan fingerprint density at radius 3 is 2.76 bits per heavy atom. The molecule has 0 aliphatic carbocycles. The van der Waals surface area contributed by atoms with Crippen molar-refractivity contribution < 1.29 is 0 Å². The number of nitrogens with two attached hydrogens (primary N) is 1. The van der Waals surface area contributed by atoms with Gasteiger partial charge in [-0.25, -0.2) is 4.98 Å². The smallest absolute Gasteiger partial charge is 0.255 e. The van der Waals surface area contributed by atoms with Crippen LogP contribution in [-0.2, 0) is 19.5 Å². The van der Waals surface area contributed by atoms with Crippen molar-refractivity contribution in [3.05, 3.63) is 66.7 Å². The zero-order valence-corrected chi connectivity index (χ0v) is 15.9. The Hall–Kier alpha value is -1.96. The molecule has 3 N–H and O–H groups in total. The van der Waals surface area contributed by atoms with E-state index in [1.165, 1.54) is 4.88 Å². The molecule has 0 amide bonds. The first-order valence-electron chi connectivity index (χ1n) is 8.03. The van der Waals surface area contributed by atoms with E-state index in [0.29, 0.717) is 18.1 Å². The van der Waals surface area contributed by atoms with Crippen LogP contribution in [0.4, 0.5) is 5.69 Å². The first-order chi connectivity index (χ1) is 12.1. The van der Waals surface area contributed by atoms with Gasteiger partial charge >= 0.3 is 0 Å². The lowest BCUT2D eigenvalue weighted by Gasteiger charge is -2.27. The van der Waals surface area contributed by atoms with Crippen molar-refractivity contribution in [2.24, 2.45) is 0 Å². The Morgan fingerprint density at radius 2 is 2.04 bits per heavy atom. The molecule has 0 spiro atoms. The molecule has 7 heteroatoms. The largest absolute Gasteiger partial charge is 0.399 e. The molecule has 4 rings (SSSR count). The van der Waals surface area contributed by atoms with Gasteiger partial charge in [0.05, 0.1) is 15.0 Å². The predicted molar refractivity (Wildman–Crippen MR) is 105 cm³/mol. The Kier molecular flexibility index (Phi) is 4.45. The average molecular weight is 417 g/mol. The molecule has 0 radical (unpaired) electrons. The summed E-state index contributed by atoms with van der Waals surface area (Å²) in [5, 5.41) is 0. The van der Waals surface area contributed by atoms with Crippen LogP contribution in [0.2, 0.25) is 0 Å². The summed E-state index contributed by atoms with van der Waals surface area (Å²) in [7, 11) is 0. The molecule has 0 atom stereocenters. The average Bonchev–Trinajstić information content (AvgIpc) is 3.01. The Bertz CT molecular complexity index is 964. The van der Waals surface area contributed by atoms with Gasteiger partial charge in [0.2, 0.25) is 0 Å². The molecule has 3 aromatic rings. The lowest BCUT2D eigenvalue weighted by atomic mass is 10.1. The monoisotopic (exact) mass is 416 g/mol. The van der Waals surface area contributed by atoms with Gasteiger partial charge in [0.25, 0.3) is 5.56 Å². The third-order valence-electron chi connectivity index (χ3n) is 4.34. The van der Waals surface area contributed by atoms with Crippen molar-refractivity contribution in [3.63, 3.8) is 0 Å². The fourth-order valence-corrected chi connectivity index (χ4v) is 4.58. The second kappa shape index (κ2) is 6.74. The standard InChI is InChI=1S/C18H17BrN4OS/c19-16-6-5-13(25-16)9-23-8-7-15-14(10-23)18(24)22-17(21-15)11-1-3-12(20)4-2-11/h1-6H,7-10,20H2,(H,21,22,24). The summed E-state index contributed by atoms with van der Waals surface area (Å²) < 4.78 is 1.13. The van der Waals surface area contributed by atoms with Gasteiger partial charge in [-0.15, -0.1) is 11.3 Å². The van der Waals surface area contributed by atoms with Crippen LogP contribution < -0.4 is 11.3 Å². The van der Waals surface area contributed by atoms with Gasteiger partial charge in [-0.05, 0) is 52.3 Å². The maximum absolute atomic E-state index is 12.6. The highest BCUT2D eigenvalue weighted by Gasteiger charge is 2.22. The highest BCUT2D eigenvalue weighted by molar-refractivity contribution is 9.11. The number of hydrogen-bond donors (Lipinski definition) is 2. The normalized spacial score (nSPS) is 14.4. The highest BCUT2D eigenvalue weighted by Crippen LogP contribution is 2.25. The topological polar surface area (TPSA) is 75.0 Å². The van der Waals surface area contributed by atoms with Crippen LogP contribution in [0.3, 0.4) is 0 Å². The third kappa shape index (κ3) is 3.53. The molecule has 0 bridgehead atoms. The molecule has 5 nitrogen and oxygen atoms in total. The van der Waals surface area contributed by atoms with Crippen LogP contribution >= 0.6 is 27.3 Å². The number of thiophene rings is 1. The van der Waals surface area contributed by atoms with E-state index < -0.39 is 0 Å². The van der Waals surface area contributed by atoms with Crippen LogP contribution in [0.5, 0.6) is 0 Å². The van der Waals surface area contributed by atoms with Crippen molar-refractivity contribution >= 4 is 33.0 Å². The number of aromatic nitrogens is 2. The minimum absolute atomic E-state index is 0.0473. The molecule has 1 aromatic carbocycles. The second-order valence-corrected chi connectivity index (χ2v) is 8.68. The summed E-state index contributed by atoms with van der Waals surface area (Å²) in [5.41, 5.74) is 8.93. The van der Waals surface area contributed by atoms with E-state index in [1.54, 1.807) is 11.3 Å². The van der Waals surface area contributed by atoms with Crippen molar-refractivity contribution in [2.75, 3.05) is 12.3 Å². The summed E-state index contributed by atoms with van der Waals surface area (Å²) in [5.74, 6) is 0.611. The van der Waals surface area contributed by atoms with Gasteiger partial charge in [-0.1, -0.05) is 0 Å². The number of nitrogen functional groups attached to an aromatic ring is 1. The number of nitrogens with one attached hydrogen (secondary N) is 1. The van der Waals surface area contributed by atoms with Crippen LogP contribution in [0, 0.1) is 0 Å². The first-order valence-corrected chi connectivity index (χ1v) is 9.64. The minimum Gasteiger partial charge on any atom is -0.399 e. The third-order valence-corrected chi connectivity index (χ3v) is 5.95. The Labute approximate surface area is 157 Å². The number of aromatic amines is 1. The van der Waals surface area contributed by atoms with Crippen molar-refractivity contribution in [3.8, 4) is 11.4 Å². The van der Waals surface area contributed by atoms with Crippen LogP contribution in [0.15, 0.2) is 45.0 Å². The number of H-pyrrole nitrogens is 1. The second-order valence-electron chi connectivity index (χ2n) is 6.13. The molecule has 2 aromatic heterocycles. The summed E-state index contributed by atoms with van der Waals surface area (Å²) in [6.07, 6.45) is 0.785. The van der Waals surface area contributed by atoms with Crippen molar-refractivity contribution in [1.82, 2.24) is 14.9 Å². The first kappa shape index (κ1) is 16.5. The van der Waals surface area contributed by atoms with E-state index in [9.17, 15) is 4.79 Å². The molecule has 1 aliphatic rings. The number of anilines is 1. The van der Waals surface area contributed by atoms with Crippen LogP contribution in [0.1, 0.15) is 16.1 Å². The summed E-state index contributed by atoms with van der Waals surface area (Å²) in [6, 6.07) is 11.6. The van der Waals surface area contributed by atoms with E-state index in [-0.39, 0.29) is 5.56 Å². The fraction of sp³-hybridized carbons (Fsp3) is 0.222. The quantitative estimate of drug-likeness (QED) is 0.641. The van der Waals surface area contributed by atoms with E-state index in [4.69, 9.17) is 10.7 Å². The molecule has 25 heavy (non-hydrogen) atoms. The molecular weight excluding hydrogens is 400 g/mol. The zero-order chi connectivity index (χ0) is 17.4. The highest BCUT2D eigenvalue weighted by atomic mass is 79.9. The van der Waals surface area contributed by atoms with E-state index in [2.05, 4.69) is 37.9 Å². The molecule has 1 aliphatic heterocycles. The molecule has 128 valence electrons. The summed E-state index contributed by atoms with van der Waals surface area (Å²) in [6.45, 7) is 2.39. The van der Waals surface area contributed by atoms with Crippen LogP contribution in [0.25, 0.3) is 11.4 Å². The van der Waals surface area contributed by atoms with Crippen LogP contribution in [-0.4, -0.2) is 21.4 Å². The Balaban J connectivity index is 1.59. The van der Waals surface area contributed by atoms with Crippen molar-refractivity contribution in [2.45, 2.75) is 19.5 Å². The summed E-state index contributed by atoms with van der Waals surface area (Å²) >= 11 is 5.23. The number of hydrogen-bond acceptors (Lipinski definition) is 5. The maximum atomic E-state index is 12.6. The maximum Gasteiger partial charge on any atom is 0.255 e. The Morgan fingerprint density at radius 1 is 1.24 bits per heavy atom. The molecule has 0 saturated carbocycles. The zero-order valence-electron chi connectivity index (χ0n) is 13.5. The van der Waals surface area contributed by atoms with E-state index in [0.717, 1.165) is 40.1 Å². The molecule has 3 heterocycles. The van der Waals surface area contributed by atoms with Crippen molar-refractivity contribution in [1.29, 1.82) is 0 Å². The summed E-state index contributed by atoms with van der Waals surface area (Å²) in [4.78, 5) is 23.8. The number of rotatable bonds is 3. The number of benzene rings is 1. The van der Waals surface area contributed by atoms with Gasteiger partial charge in [-0.2, -0.15) is 0 Å². The van der Waals surface area contributed by atoms with Gasteiger partial charge in [-0.3, -0.25) is 9.69 Å². The molecular formula is C18H17BrN4OS. The number of nitrogens with zero attached hydrogens (tertiary/aromatic N) is 2. The molecule has 0 saturated heterocycles.